The van der Waals surface area contributed by atoms with Gasteiger partial charge in [0.05, 0.1) is 10.7 Å². The molecule has 0 unspecified atom stereocenters. The van der Waals surface area contributed by atoms with Gasteiger partial charge in [-0.1, -0.05) is 37.7 Å². The number of nitro groups is 1. The van der Waals surface area contributed by atoms with E-state index >= 15 is 0 Å². The summed E-state index contributed by atoms with van der Waals surface area (Å²) in [6, 6.07) is 5.81. The number of carbonyl (C=O) groups is 1. The molecule has 1 N–H and O–H groups in total. The summed E-state index contributed by atoms with van der Waals surface area (Å²) in [5.74, 6) is -0.165. The number of aromatic nitrogens is 4. The third kappa shape index (κ3) is 4.69. The van der Waals surface area contributed by atoms with Gasteiger partial charge in [-0.05, 0) is 18.9 Å². The third-order valence-electron chi connectivity index (χ3n) is 4.52. The van der Waals surface area contributed by atoms with Crippen molar-refractivity contribution >= 4 is 40.1 Å². The van der Waals surface area contributed by atoms with Crippen molar-refractivity contribution in [2.75, 3.05) is 11.1 Å². The molecule has 0 aliphatic carbocycles. The van der Waals surface area contributed by atoms with E-state index in [4.69, 9.17) is 0 Å². The minimum absolute atomic E-state index is 0.0773. The van der Waals surface area contributed by atoms with Crippen molar-refractivity contribution in [3.8, 4) is 0 Å². The van der Waals surface area contributed by atoms with Crippen molar-refractivity contribution in [2.24, 2.45) is 13.0 Å². The van der Waals surface area contributed by atoms with Crippen LogP contribution in [0.5, 0.6) is 0 Å². The molecule has 0 fully saturated rings. The average molecular weight is 459 g/mol. The molecular weight excluding hydrogens is 436 g/mol. The van der Waals surface area contributed by atoms with Gasteiger partial charge < -0.3 is 5.32 Å². The number of benzene rings is 1. The molecule has 0 spiro atoms. The highest BCUT2D eigenvalue weighted by Crippen LogP contribution is 2.25. The summed E-state index contributed by atoms with van der Waals surface area (Å²) >= 11 is 1.00. The van der Waals surface area contributed by atoms with Gasteiger partial charge in [-0.15, -0.1) is 0 Å². The van der Waals surface area contributed by atoms with Gasteiger partial charge in [0.15, 0.2) is 5.65 Å². The zero-order chi connectivity index (χ0) is 23.6. The molecule has 1 aromatic carbocycles. The summed E-state index contributed by atoms with van der Waals surface area (Å²) < 4.78 is 2.44. The molecule has 0 radical (unpaired) electrons. The minimum atomic E-state index is -0.582. The van der Waals surface area contributed by atoms with Crippen LogP contribution in [-0.4, -0.2) is 35.7 Å². The number of hydrogen-bond acceptors (Lipinski definition) is 8. The summed E-state index contributed by atoms with van der Waals surface area (Å²) in [6.45, 7) is 5.89. The van der Waals surface area contributed by atoms with Gasteiger partial charge in [-0.2, -0.15) is 0 Å². The molecule has 0 saturated carbocycles. The Bertz CT molecular complexity index is 1330. The maximum atomic E-state index is 12.9. The molecule has 11 nitrogen and oxygen atoms in total. The first-order valence-electron chi connectivity index (χ1n) is 9.74. The highest BCUT2D eigenvalue weighted by atomic mass is 32.2. The predicted molar refractivity (Wildman–Crippen MR) is 121 cm³/mol. The number of para-hydroxylation sites is 2. The fraction of sp³-hybridized carbons (Fsp3) is 0.350. The summed E-state index contributed by atoms with van der Waals surface area (Å²) in [6.07, 6.45) is 0. The molecule has 32 heavy (non-hydrogen) atoms. The fourth-order valence-electron chi connectivity index (χ4n) is 3.13. The van der Waals surface area contributed by atoms with Gasteiger partial charge in [-0.25, -0.2) is 14.8 Å². The van der Waals surface area contributed by atoms with E-state index in [1.54, 1.807) is 13.0 Å². The number of fused-ring (bicyclic) bond motifs is 1. The Kier molecular flexibility index (Phi) is 6.72. The standard InChI is InChI=1S/C20H22N6O5S/c1-11(2)9-25-17-16(19(28)24(4)20(25)29)18(22-12(3)21-17)32-10-15(27)23-13-7-5-6-8-14(13)26(30)31/h5-8,11H,9-10H2,1-4H3,(H,23,27). The summed E-state index contributed by atoms with van der Waals surface area (Å²) in [5, 5.41) is 14.1. The van der Waals surface area contributed by atoms with E-state index in [-0.39, 0.29) is 39.1 Å². The van der Waals surface area contributed by atoms with Gasteiger partial charge in [0, 0.05) is 19.7 Å². The first-order chi connectivity index (χ1) is 15.1. The smallest absolute Gasteiger partial charge is 0.320 e. The van der Waals surface area contributed by atoms with Crippen molar-refractivity contribution in [1.82, 2.24) is 19.1 Å². The summed E-state index contributed by atoms with van der Waals surface area (Å²) in [5.41, 5.74) is -0.943. The number of nitro benzene ring substituents is 1. The lowest BCUT2D eigenvalue weighted by Crippen LogP contribution is -2.39. The second-order valence-electron chi connectivity index (χ2n) is 7.54. The molecular formula is C20H22N6O5S. The van der Waals surface area contributed by atoms with Crippen molar-refractivity contribution < 1.29 is 9.72 Å². The topological polar surface area (TPSA) is 142 Å². The van der Waals surface area contributed by atoms with E-state index in [1.807, 2.05) is 13.8 Å². The average Bonchev–Trinajstić information content (AvgIpc) is 2.73. The lowest BCUT2D eigenvalue weighted by atomic mass is 10.2. The molecule has 168 valence electrons. The van der Waals surface area contributed by atoms with Crippen LogP contribution < -0.4 is 16.6 Å². The normalized spacial score (nSPS) is 11.2. The van der Waals surface area contributed by atoms with Gasteiger partial charge >= 0.3 is 5.69 Å². The Morgan fingerprint density at radius 1 is 1.25 bits per heavy atom. The number of nitrogens with one attached hydrogen (secondary N) is 1. The monoisotopic (exact) mass is 458 g/mol. The molecule has 0 atom stereocenters. The zero-order valence-electron chi connectivity index (χ0n) is 18.0. The molecule has 0 aliphatic heterocycles. The molecule has 0 saturated heterocycles. The van der Waals surface area contributed by atoms with Crippen LogP contribution in [0.4, 0.5) is 11.4 Å². The Morgan fingerprint density at radius 2 is 1.94 bits per heavy atom. The lowest BCUT2D eigenvalue weighted by Gasteiger charge is -2.15. The van der Waals surface area contributed by atoms with E-state index in [2.05, 4.69) is 15.3 Å². The van der Waals surface area contributed by atoms with Gasteiger partial charge in [0.2, 0.25) is 5.91 Å². The summed E-state index contributed by atoms with van der Waals surface area (Å²) in [7, 11) is 1.39. The van der Waals surface area contributed by atoms with Gasteiger partial charge in [-0.3, -0.25) is 28.8 Å². The molecule has 1 amide bonds. The number of nitrogens with zero attached hydrogens (tertiary/aromatic N) is 5. The van der Waals surface area contributed by atoms with Crippen LogP contribution in [0.15, 0.2) is 38.9 Å². The summed E-state index contributed by atoms with van der Waals surface area (Å²) in [4.78, 5) is 57.2. The molecule has 0 bridgehead atoms. The van der Waals surface area contributed by atoms with Crippen LogP contribution in [0.2, 0.25) is 0 Å². The SMILES string of the molecule is Cc1nc(SCC(=O)Nc2ccccc2[N+](=O)[O-])c2c(=O)n(C)c(=O)n(CC(C)C)c2n1. The predicted octanol–water partition coefficient (Wildman–Crippen LogP) is 2.09. The molecule has 12 heteroatoms. The maximum absolute atomic E-state index is 12.9. The largest absolute Gasteiger partial charge is 0.332 e. The molecule has 3 rings (SSSR count). The number of amides is 1. The highest BCUT2D eigenvalue weighted by Gasteiger charge is 2.20. The maximum Gasteiger partial charge on any atom is 0.332 e. The van der Waals surface area contributed by atoms with E-state index in [9.17, 15) is 24.5 Å². The van der Waals surface area contributed by atoms with Crippen LogP contribution in [0.1, 0.15) is 19.7 Å². The zero-order valence-corrected chi connectivity index (χ0v) is 18.8. The van der Waals surface area contributed by atoms with Gasteiger partial charge in [0.25, 0.3) is 11.2 Å². The van der Waals surface area contributed by atoms with Crippen molar-refractivity contribution in [2.45, 2.75) is 32.3 Å². The fourth-order valence-corrected chi connectivity index (χ4v) is 3.99. The first-order valence-corrected chi connectivity index (χ1v) is 10.7. The lowest BCUT2D eigenvalue weighted by molar-refractivity contribution is -0.383. The van der Waals surface area contributed by atoms with E-state index in [0.717, 1.165) is 16.3 Å². The van der Waals surface area contributed by atoms with Crippen LogP contribution >= 0.6 is 11.8 Å². The Hall–Kier alpha value is -3.54. The first kappa shape index (κ1) is 23.1. The van der Waals surface area contributed by atoms with Crippen LogP contribution in [0.3, 0.4) is 0 Å². The Morgan fingerprint density at radius 3 is 2.59 bits per heavy atom. The van der Waals surface area contributed by atoms with Crippen molar-refractivity contribution in [1.29, 1.82) is 0 Å². The van der Waals surface area contributed by atoms with Crippen LogP contribution in [0, 0.1) is 23.0 Å². The molecule has 0 aliphatic rings. The van der Waals surface area contributed by atoms with E-state index in [0.29, 0.717) is 12.4 Å². The Labute approximate surface area is 186 Å². The highest BCUT2D eigenvalue weighted by molar-refractivity contribution is 8.00. The Balaban J connectivity index is 1.97. The van der Waals surface area contributed by atoms with E-state index in [1.165, 1.54) is 29.8 Å². The third-order valence-corrected chi connectivity index (χ3v) is 5.50. The number of rotatable bonds is 7. The number of aryl methyl sites for hydroxylation is 1. The number of hydrogen-bond donors (Lipinski definition) is 1. The minimum Gasteiger partial charge on any atom is -0.320 e. The molecule has 3 aromatic rings. The second kappa shape index (κ2) is 9.30. The van der Waals surface area contributed by atoms with Crippen LogP contribution in [0.25, 0.3) is 11.0 Å². The number of anilines is 1. The second-order valence-corrected chi connectivity index (χ2v) is 8.50. The quantitative estimate of drug-likeness (QED) is 0.245. The van der Waals surface area contributed by atoms with Crippen molar-refractivity contribution in [3.05, 3.63) is 61.0 Å². The molecule has 2 aromatic heterocycles. The number of thioether (sulfide) groups is 1. The number of carbonyl (C=O) groups excluding carboxylic acids is 1. The van der Waals surface area contributed by atoms with Gasteiger partial charge in [0.1, 0.15) is 21.9 Å². The molecule has 2 heterocycles. The van der Waals surface area contributed by atoms with E-state index < -0.39 is 22.1 Å². The van der Waals surface area contributed by atoms with Crippen molar-refractivity contribution in [3.63, 3.8) is 0 Å². The van der Waals surface area contributed by atoms with Crippen LogP contribution in [-0.2, 0) is 18.4 Å².